The monoisotopic (exact) mass is 462 g/mol. The van der Waals surface area contributed by atoms with Crippen molar-refractivity contribution in [3.63, 3.8) is 0 Å². The molecule has 3 heterocycles. The van der Waals surface area contributed by atoms with E-state index >= 15 is 0 Å². The zero-order valence-electron chi connectivity index (χ0n) is 19.0. The van der Waals surface area contributed by atoms with Gasteiger partial charge in [-0.25, -0.2) is 14.8 Å². The zero-order valence-corrected chi connectivity index (χ0v) is 19.0. The number of rotatable bonds is 3. The lowest BCUT2D eigenvalue weighted by atomic mass is 10.1. The van der Waals surface area contributed by atoms with Gasteiger partial charge in [-0.3, -0.25) is 9.20 Å². The molecule has 0 spiro atoms. The molecule has 0 radical (unpaired) electrons. The summed E-state index contributed by atoms with van der Waals surface area (Å²) in [5.74, 6) is 6.08. The van der Waals surface area contributed by atoms with Crippen molar-refractivity contribution in [2.45, 2.75) is 19.4 Å². The summed E-state index contributed by atoms with van der Waals surface area (Å²) in [4.78, 5) is 28.8. The number of carbonyl (C=O) groups excluding carboxylic acids is 2. The lowest BCUT2D eigenvalue weighted by Gasteiger charge is -2.22. The second-order valence-corrected chi connectivity index (χ2v) is 8.01. The van der Waals surface area contributed by atoms with E-state index in [1.807, 2.05) is 71.3 Å². The van der Waals surface area contributed by atoms with Crippen molar-refractivity contribution in [3.8, 4) is 11.8 Å². The van der Waals surface area contributed by atoms with Crippen molar-refractivity contribution in [2.75, 3.05) is 10.6 Å². The molecule has 2 aromatic carbocycles. The van der Waals surface area contributed by atoms with Gasteiger partial charge in [0, 0.05) is 37.0 Å². The number of hydrogen-bond donors (Lipinski definition) is 2. The minimum Gasteiger partial charge on any atom is -0.323 e. The van der Waals surface area contributed by atoms with E-state index in [1.54, 1.807) is 18.5 Å². The maximum absolute atomic E-state index is 12.9. The minimum atomic E-state index is -0.301. The van der Waals surface area contributed by atoms with Crippen LogP contribution in [-0.4, -0.2) is 32.5 Å². The molecule has 0 saturated carbocycles. The number of imidazole rings is 1. The van der Waals surface area contributed by atoms with Crippen LogP contribution >= 0.6 is 0 Å². The second kappa shape index (κ2) is 9.53. The third kappa shape index (κ3) is 4.75. The molecule has 8 nitrogen and oxygen atoms in total. The molecule has 1 atom stereocenters. The highest BCUT2D eigenvalue weighted by molar-refractivity contribution is 5.93. The molecule has 3 amide bonds. The fraction of sp³-hybridized carbons (Fsp3) is 0.111. The first-order valence-corrected chi connectivity index (χ1v) is 11.1. The van der Waals surface area contributed by atoms with E-state index < -0.39 is 0 Å². The van der Waals surface area contributed by atoms with E-state index in [-0.39, 0.29) is 18.0 Å². The first kappa shape index (κ1) is 21.9. The van der Waals surface area contributed by atoms with Crippen molar-refractivity contribution < 1.29 is 9.59 Å². The molecule has 1 unspecified atom stereocenters. The van der Waals surface area contributed by atoms with Gasteiger partial charge in [-0.2, -0.15) is 5.10 Å². The third-order valence-corrected chi connectivity index (χ3v) is 5.52. The maximum atomic E-state index is 12.9. The number of amides is 3. The average Bonchev–Trinajstić information content (AvgIpc) is 3.51. The molecule has 0 fully saturated rings. The normalized spacial score (nSPS) is 14.4. The number of nitrogens with zero attached hydrogens (tertiary/aromatic N) is 4. The predicted molar refractivity (Wildman–Crippen MR) is 135 cm³/mol. The number of nitrogens with one attached hydrogen (secondary N) is 2. The lowest BCUT2D eigenvalue weighted by molar-refractivity contribution is -0.114. The Morgan fingerprint density at radius 1 is 1.00 bits per heavy atom. The summed E-state index contributed by atoms with van der Waals surface area (Å²) in [5.41, 5.74) is 4.32. The Morgan fingerprint density at radius 2 is 1.86 bits per heavy atom. The molecular weight excluding hydrogens is 440 g/mol. The topological polar surface area (TPSA) is 91.1 Å². The smallest absolute Gasteiger partial charge is 0.323 e. The fourth-order valence-electron chi connectivity index (χ4n) is 3.94. The molecule has 5 rings (SSSR count). The van der Waals surface area contributed by atoms with Gasteiger partial charge in [0.25, 0.3) is 0 Å². The molecule has 8 heteroatoms. The molecule has 0 aliphatic carbocycles. The summed E-state index contributed by atoms with van der Waals surface area (Å²) in [6.45, 7) is 1.46. The van der Waals surface area contributed by atoms with Gasteiger partial charge < -0.3 is 10.6 Å². The molecule has 0 saturated heterocycles. The van der Waals surface area contributed by atoms with Crippen LogP contribution in [0.4, 0.5) is 16.2 Å². The molecule has 2 N–H and O–H groups in total. The van der Waals surface area contributed by atoms with Gasteiger partial charge in [0.1, 0.15) is 5.69 Å². The fourth-order valence-corrected chi connectivity index (χ4v) is 3.94. The molecule has 1 aliphatic rings. The number of benzene rings is 2. The zero-order chi connectivity index (χ0) is 24.2. The van der Waals surface area contributed by atoms with Gasteiger partial charge in [0.2, 0.25) is 5.91 Å². The molecular formula is C27H22N6O2. The van der Waals surface area contributed by atoms with Crippen molar-refractivity contribution in [1.82, 2.24) is 14.4 Å². The van der Waals surface area contributed by atoms with Gasteiger partial charge in [0.15, 0.2) is 5.65 Å². The van der Waals surface area contributed by atoms with Gasteiger partial charge in [-0.05, 0) is 41.8 Å². The van der Waals surface area contributed by atoms with Crippen molar-refractivity contribution in [3.05, 3.63) is 95.9 Å². The molecule has 172 valence electrons. The van der Waals surface area contributed by atoms with Gasteiger partial charge >= 0.3 is 6.03 Å². The van der Waals surface area contributed by atoms with Crippen LogP contribution in [-0.2, 0) is 4.79 Å². The SMILES string of the molecule is CC(=O)Nc1cccn2c(C#Cc3cccc(NC(=O)N4N=CCC4c4ccccc4)c3)cnc12. The van der Waals surface area contributed by atoms with Gasteiger partial charge in [-0.1, -0.05) is 42.3 Å². The largest absolute Gasteiger partial charge is 0.342 e. The quantitative estimate of drug-likeness (QED) is 0.434. The summed E-state index contributed by atoms with van der Waals surface area (Å²) in [6.07, 6.45) is 5.93. The Labute approximate surface area is 202 Å². The highest BCUT2D eigenvalue weighted by atomic mass is 16.2. The molecule has 0 bridgehead atoms. The Balaban J connectivity index is 1.33. The van der Waals surface area contributed by atoms with Crippen LogP contribution in [0, 0.1) is 11.8 Å². The van der Waals surface area contributed by atoms with Crippen LogP contribution in [0.3, 0.4) is 0 Å². The number of urea groups is 1. The molecule has 35 heavy (non-hydrogen) atoms. The lowest BCUT2D eigenvalue weighted by Crippen LogP contribution is -2.31. The maximum Gasteiger partial charge on any atom is 0.342 e. The van der Waals surface area contributed by atoms with Crippen LogP contribution in [0.15, 0.2) is 84.2 Å². The summed E-state index contributed by atoms with van der Waals surface area (Å²) in [7, 11) is 0. The molecule has 4 aromatic rings. The highest BCUT2D eigenvalue weighted by Gasteiger charge is 2.28. The standard InChI is InChI=1S/C27H22N6O2/c1-19(34)30-24-11-6-16-32-23(18-28-26(24)32)13-12-20-7-5-10-22(17-20)31-27(35)33-25(14-15-29-33)21-8-3-2-4-9-21/h2-11,15-18,25H,14H2,1H3,(H,30,34)(H,31,35). The van der Waals surface area contributed by atoms with Gasteiger partial charge in [-0.15, -0.1) is 0 Å². The van der Waals surface area contributed by atoms with E-state index in [1.165, 1.54) is 11.9 Å². The summed E-state index contributed by atoms with van der Waals surface area (Å²) in [5, 5.41) is 11.4. The second-order valence-electron chi connectivity index (χ2n) is 8.01. The Kier molecular flexibility index (Phi) is 5.97. The van der Waals surface area contributed by atoms with Gasteiger partial charge in [0.05, 0.1) is 17.9 Å². The Bertz CT molecular complexity index is 1500. The van der Waals surface area contributed by atoms with Crippen LogP contribution in [0.5, 0.6) is 0 Å². The Morgan fingerprint density at radius 3 is 2.69 bits per heavy atom. The predicted octanol–water partition coefficient (Wildman–Crippen LogP) is 4.66. The number of hydrogen-bond acceptors (Lipinski definition) is 4. The number of hydrazone groups is 1. The van der Waals surface area contributed by atoms with E-state index in [0.29, 0.717) is 29.1 Å². The van der Waals surface area contributed by atoms with Crippen molar-refractivity contribution in [2.24, 2.45) is 5.10 Å². The molecule has 2 aromatic heterocycles. The van der Waals surface area contributed by atoms with E-state index in [9.17, 15) is 9.59 Å². The average molecular weight is 463 g/mol. The summed E-state index contributed by atoms with van der Waals surface area (Å²) in [6, 6.07) is 20.4. The first-order valence-electron chi connectivity index (χ1n) is 11.1. The first-order chi connectivity index (χ1) is 17.1. The van der Waals surface area contributed by atoms with Crippen molar-refractivity contribution >= 4 is 35.2 Å². The van der Waals surface area contributed by atoms with E-state index in [4.69, 9.17) is 0 Å². The number of anilines is 2. The van der Waals surface area contributed by atoms with Crippen molar-refractivity contribution in [1.29, 1.82) is 0 Å². The molecule has 1 aliphatic heterocycles. The van der Waals surface area contributed by atoms with E-state index in [0.717, 1.165) is 11.1 Å². The Hall–Kier alpha value is -4.90. The number of carbonyl (C=O) groups is 2. The number of aromatic nitrogens is 2. The van der Waals surface area contributed by atoms with Crippen LogP contribution in [0.2, 0.25) is 0 Å². The number of fused-ring (bicyclic) bond motifs is 1. The van der Waals surface area contributed by atoms with Crippen LogP contribution < -0.4 is 10.6 Å². The minimum absolute atomic E-state index is 0.128. The van der Waals surface area contributed by atoms with Crippen LogP contribution in [0.1, 0.15) is 36.2 Å². The summed E-state index contributed by atoms with van der Waals surface area (Å²) >= 11 is 0. The number of pyridine rings is 1. The summed E-state index contributed by atoms with van der Waals surface area (Å²) < 4.78 is 1.82. The van der Waals surface area contributed by atoms with E-state index in [2.05, 4.69) is 32.6 Å². The van der Waals surface area contributed by atoms with Crippen LogP contribution in [0.25, 0.3) is 5.65 Å². The highest BCUT2D eigenvalue weighted by Crippen LogP contribution is 2.28. The third-order valence-electron chi connectivity index (χ3n) is 5.52.